The molecule has 0 spiro atoms. The van der Waals surface area contributed by atoms with E-state index < -0.39 is 0 Å². The van der Waals surface area contributed by atoms with E-state index in [2.05, 4.69) is 15.9 Å². The van der Waals surface area contributed by atoms with Crippen LogP contribution < -0.4 is 0 Å². The molecule has 0 aliphatic carbocycles. The van der Waals surface area contributed by atoms with Crippen molar-refractivity contribution in [3.63, 3.8) is 0 Å². The van der Waals surface area contributed by atoms with Gasteiger partial charge < -0.3 is 5.11 Å². The molecule has 2 aromatic rings. The zero-order valence-corrected chi connectivity index (χ0v) is 8.82. The quantitative estimate of drug-likeness (QED) is 0.784. The van der Waals surface area contributed by atoms with Gasteiger partial charge in [0.2, 0.25) is 0 Å². The van der Waals surface area contributed by atoms with Gasteiger partial charge in [-0.25, -0.2) is 0 Å². The lowest BCUT2D eigenvalue weighted by molar-refractivity contribution is 0.482. The second kappa shape index (κ2) is 3.02. The Morgan fingerprint density at radius 3 is 2.92 bits per heavy atom. The summed E-state index contributed by atoms with van der Waals surface area (Å²) in [5.41, 5.74) is 0. The predicted octanol–water partition coefficient (Wildman–Crippen LogP) is 3.24. The zero-order valence-electron chi connectivity index (χ0n) is 6.41. The van der Waals surface area contributed by atoms with Crippen molar-refractivity contribution in [1.82, 2.24) is 0 Å². The molecule has 0 unspecified atom stereocenters. The molecule has 0 fully saturated rings. The topological polar surface area (TPSA) is 44.0 Å². The van der Waals surface area contributed by atoms with Gasteiger partial charge in [0, 0.05) is 14.6 Å². The molecule has 2 nitrogen and oxygen atoms in total. The molecule has 13 heavy (non-hydrogen) atoms. The molecule has 0 aliphatic rings. The number of rotatable bonds is 0. The molecule has 2 rings (SSSR count). The standard InChI is InChI=1S/C9H4BrNOS/c10-5-1-2-7-6(3-5)9(12)8(4-11)13-7/h1-3,12H. The smallest absolute Gasteiger partial charge is 0.152 e. The zero-order chi connectivity index (χ0) is 9.42. The summed E-state index contributed by atoms with van der Waals surface area (Å²) in [4.78, 5) is 0.369. The Labute approximate surface area is 87.2 Å². The number of halogens is 1. The first-order chi connectivity index (χ1) is 6.22. The van der Waals surface area contributed by atoms with E-state index in [1.165, 1.54) is 11.3 Å². The lowest BCUT2D eigenvalue weighted by Gasteiger charge is -1.91. The first kappa shape index (κ1) is 8.54. The Bertz CT molecular complexity index is 512. The van der Waals surface area contributed by atoms with Gasteiger partial charge in [0.15, 0.2) is 5.75 Å². The average molecular weight is 254 g/mol. The van der Waals surface area contributed by atoms with Crippen molar-refractivity contribution in [1.29, 1.82) is 5.26 Å². The molecular formula is C9H4BrNOS. The Morgan fingerprint density at radius 1 is 1.46 bits per heavy atom. The molecule has 0 amide bonds. The van der Waals surface area contributed by atoms with Crippen LogP contribution in [0.15, 0.2) is 22.7 Å². The fourth-order valence-corrected chi connectivity index (χ4v) is 2.37. The van der Waals surface area contributed by atoms with Gasteiger partial charge in [0.05, 0.1) is 0 Å². The number of hydrogen-bond donors (Lipinski definition) is 1. The maximum absolute atomic E-state index is 9.58. The van der Waals surface area contributed by atoms with Crippen LogP contribution in [0.3, 0.4) is 0 Å². The first-order valence-electron chi connectivity index (χ1n) is 3.53. The number of nitrogens with zero attached hydrogens (tertiary/aromatic N) is 1. The van der Waals surface area contributed by atoms with E-state index in [4.69, 9.17) is 5.26 Å². The highest BCUT2D eigenvalue weighted by atomic mass is 79.9. The molecule has 0 bridgehead atoms. The largest absolute Gasteiger partial charge is 0.505 e. The maximum atomic E-state index is 9.58. The van der Waals surface area contributed by atoms with Crippen LogP contribution in [0, 0.1) is 11.3 Å². The molecular weight excluding hydrogens is 250 g/mol. The SMILES string of the molecule is N#Cc1sc2ccc(Br)cc2c1O. The third kappa shape index (κ3) is 1.30. The van der Waals surface area contributed by atoms with Gasteiger partial charge in [-0.3, -0.25) is 0 Å². The van der Waals surface area contributed by atoms with Gasteiger partial charge in [0.25, 0.3) is 0 Å². The van der Waals surface area contributed by atoms with E-state index in [0.717, 1.165) is 14.6 Å². The lowest BCUT2D eigenvalue weighted by atomic mass is 10.2. The van der Waals surface area contributed by atoms with Crippen LogP contribution in [-0.2, 0) is 0 Å². The normalized spacial score (nSPS) is 10.2. The molecule has 1 heterocycles. The lowest BCUT2D eigenvalue weighted by Crippen LogP contribution is -1.66. The summed E-state index contributed by atoms with van der Waals surface area (Å²) in [5.74, 6) is 0.0869. The fraction of sp³-hybridized carbons (Fsp3) is 0. The number of nitriles is 1. The number of benzene rings is 1. The van der Waals surface area contributed by atoms with Crippen molar-refractivity contribution in [3.8, 4) is 11.8 Å². The van der Waals surface area contributed by atoms with Gasteiger partial charge in [-0.05, 0) is 18.2 Å². The molecule has 0 radical (unpaired) electrons. The summed E-state index contributed by atoms with van der Waals surface area (Å²) in [6.07, 6.45) is 0. The van der Waals surface area contributed by atoms with E-state index in [1.54, 1.807) is 0 Å². The highest BCUT2D eigenvalue weighted by molar-refractivity contribution is 9.10. The number of aromatic hydroxyl groups is 1. The summed E-state index contributed by atoms with van der Waals surface area (Å²) in [7, 11) is 0. The van der Waals surface area contributed by atoms with Crippen molar-refractivity contribution in [3.05, 3.63) is 27.5 Å². The van der Waals surface area contributed by atoms with Crippen LogP contribution in [0.4, 0.5) is 0 Å². The van der Waals surface area contributed by atoms with Crippen LogP contribution >= 0.6 is 27.3 Å². The molecule has 0 saturated heterocycles. The molecule has 0 atom stereocenters. The number of fused-ring (bicyclic) bond motifs is 1. The van der Waals surface area contributed by atoms with Crippen LogP contribution in [0.1, 0.15) is 4.88 Å². The third-order valence-corrected chi connectivity index (χ3v) is 3.28. The Balaban J connectivity index is 2.87. The van der Waals surface area contributed by atoms with E-state index >= 15 is 0 Å². The van der Waals surface area contributed by atoms with Gasteiger partial charge in [0.1, 0.15) is 10.9 Å². The predicted molar refractivity (Wildman–Crippen MR) is 55.9 cm³/mol. The van der Waals surface area contributed by atoms with Gasteiger partial charge in [-0.15, -0.1) is 11.3 Å². The summed E-state index contributed by atoms with van der Waals surface area (Å²) in [6, 6.07) is 7.53. The molecule has 64 valence electrons. The van der Waals surface area contributed by atoms with E-state index in [9.17, 15) is 5.11 Å². The minimum atomic E-state index is 0.0869. The Kier molecular flexibility index (Phi) is 1.98. The van der Waals surface area contributed by atoms with Crippen molar-refractivity contribution in [2.75, 3.05) is 0 Å². The highest BCUT2D eigenvalue weighted by Crippen LogP contribution is 2.37. The molecule has 1 aromatic carbocycles. The van der Waals surface area contributed by atoms with Gasteiger partial charge in [-0.1, -0.05) is 15.9 Å². The summed E-state index contributed by atoms with van der Waals surface area (Å²) in [6.45, 7) is 0. The average Bonchev–Trinajstić information content (AvgIpc) is 2.44. The van der Waals surface area contributed by atoms with Crippen LogP contribution in [-0.4, -0.2) is 5.11 Å². The summed E-state index contributed by atoms with van der Waals surface area (Å²) in [5, 5.41) is 19.0. The van der Waals surface area contributed by atoms with Gasteiger partial charge >= 0.3 is 0 Å². The van der Waals surface area contributed by atoms with Crippen LogP contribution in [0.5, 0.6) is 5.75 Å². The molecule has 0 saturated carbocycles. The maximum Gasteiger partial charge on any atom is 0.152 e. The molecule has 0 aliphatic heterocycles. The van der Waals surface area contributed by atoms with Crippen molar-refractivity contribution >= 4 is 37.4 Å². The second-order valence-corrected chi connectivity index (χ2v) is 4.50. The molecule has 1 N–H and O–H groups in total. The van der Waals surface area contributed by atoms with E-state index in [1.807, 2.05) is 24.3 Å². The van der Waals surface area contributed by atoms with Gasteiger partial charge in [-0.2, -0.15) is 5.26 Å². The van der Waals surface area contributed by atoms with Crippen molar-refractivity contribution < 1.29 is 5.11 Å². The molecule has 1 aromatic heterocycles. The number of hydrogen-bond acceptors (Lipinski definition) is 3. The minimum absolute atomic E-state index is 0.0869. The summed E-state index contributed by atoms with van der Waals surface area (Å²) < 4.78 is 1.83. The van der Waals surface area contributed by atoms with Crippen LogP contribution in [0.25, 0.3) is 10.1 Å². The van der Waals surface area contributed by atoms with Crippen molar-refractivity contribution in [2.45, 2.75) is 0 Å². The Morgan fingerprint density at radius 2 is 2.23 bits per heavy atom. The minimum Gasteiger partial charge on any atom is -0.505 e. The van der Waals surface area contributed by atoms with Crippen LogP contribution in [0.2, 0.25) is 0 Å². The van der Waals surface area contributed by atoms with Crippen molar-refractivity contribution in [2.24, 2.45) is 0 Å². The van der Waals surface area contributed by atoms with E-state index in [0.29, 0.717) is 4.88 Å². The summed E-state index contributed by atoms with van der Waals surface area (Å²) >= 11 is 4.61. The highest BCUT2D eigenvalue weighted by Gasteiger charge is 2.10. The first-order valence-corrected chi connectivity index (χ1v) is 5.14. The molecule has 4 heteroatoms. The van der Waals surface area contributed by atoms with E-state index in [-0.39, 0.29) is 5.75 Å². The third-order valence-electron chi connectivity index (χ3n) is 1.73. The second-order valence-electron chi connectivity index (χ2n) is 2.53. The monoisotopic (exact) mass is 253 g/mol. The number of thiophene rings is 1. The fourth-order valence-electron chi connectivity index (χ4n) is 1.13. The Hall–Kier alpha value is -1.05.